The Morgan fingerprint density at radius 3 is 2.47 bits per heavy atom. The van der Waals surface area contributed by atoms with Crippen molar-refractivity contribution in [2.45, 2.75) is 63.6 Å². The molecular weight excluding hydrogens is 383 g/mol. The Hall–Kier alpha value is -2.15. The number of nitrogens with one attached hydrogen (secondary N) is 1. The van der Waals surface area contributed by atoms with Crippen molar-refractivity contribution in [3.05, 3.63) is 35.6 Å². The molecule has 0 unspecified atom stereocenters. The minimum atomic E-state index is -0.486. The van der Waals surface area contributed by atoms with Crippen LogP contribution in [0.4, 0.5) is 9.18 Å². The van der Waals surface area contributed by atoms with Gasteiger partial charge in [0, 0.05) is 50.3 Å². The maximum Gasteiger partial charge on any atom is 0.317 e. The highest BCUT2D eigenvalue weighted by Gasteiger charge is 2.45. The number of rotatable bonds is 2. The molecule has 6 nitrogen and oxygen atoms in total. The van der Waals surface area contributed by atoms with Crippen LogP contribution in [0.1, 0.15) is 56.3 Å². The Morgan fingerprint density at radius 1 is 1.03 bits per heavy atom. The second-order valence-corrected chi connectivity index (χ2v) is 9.56. The van der Waals surface area contributed by atoms with E-state index in [2.05, 4.69) is 24.1 Å². The van der Waals surface area contributed by atoms with Gasteiger partial charge in [-0.25, -0.2) is 9.18 Å². The SMILES string of the molecule is CC1(C)CN(C(=O)c2ccccc2F)C[C@@H]2CN(C(=O)NC3CCCCC3)CCN21. The van der Waals surface area contributed by atoms with E-state index in [0.29, 0.717) is 26.2 Å². The van der Waals surface area contributed by atoms with Gasteiger partial charge in [0.1, 0.15) is 5.82 Å². The third kappa shape index (κ3) is 4.31. The summed E-state index contributed by atoms with van der Waals surface area (Å²) in [5, 5.41) is 3.21. The van der Waals surface area contributed by atoms with Crippen molar-refractivity contribution in [2.24, 2.45) is 0 Å². The summed E-state index contributed by atoms with van der Waals surface area (Å²) in [5.74, 6) is -0.760. The quantitative estimate of drug-likeness (QED) is 0.806. The van der Waals surface area contributed by atoms with Crippen LogP contribution >= 0.6 is 0 Å². The first kappa shape index (κ1) is 21.1. The summed E-state index contributed by atoms with van der Waals surface area (Å²) in [6, 6.07) is 6.50. The summed E-state index contributed by atoms with van der Waals surface area (Å²) in [7, 11) is 0. The third-order valence-corrected chi connectivity index (χ3v) is 6.88. The molecule has 1 aromatic carbocycles. The Labute approximate surface area is 178 Å². The fourth-order valence-electron chi connectivity index (χ4n) is 5.34. The minimum Gasteiger partial charge on any atom is -0.335 e. The molecule has 3 amide bonds. The van der Waals surface area contributed by atoms with Gasteiger partial charge in [0.25, 0.3) is 5.91 Å². The molecule has 2 saturated heterocycles. The first-order chi connectivity index (χ1) is 14.3. The minimum absolute atomic E-state index is 0.0110. The number of amides is 3. The third-order valence-electron chi connectivity index (χ3n) is 6.88. The zero-order valence-corrected chi connectivity index (χ0v) is 18.1. The van der Waals surface area contributed by atoms with Gasteiger partial charge in [0.15, 0.2) is 0 Å². The van der Waals surface area contributed by atoms with E-state index in [4.69, 9.17) is 0 Å². The standard InChI is InChI=1S/C23H33FN4O2/c1-23(2)16-27(21(29)19-10-6-7-11-20(19)24)15-18-14-26(12-13-28(18)23)22(30)25-17-8-4-3-5-9-17/h6-7,10-11,17-18H,3-5,8-9,12-16H2,1-2H3,(H,25,30)/t18-/m0/s1. The Balaban J connectivity index is 1.44. The summed E-state index contributed by atoms with van der Waals surface area (Å²) >= 11 is 0. The van der Waals surface area contributed by atoms with Crippen LogP contribution in [0.25, 0.3) is 0 Å². The van der Waals surface area contributed by atoms with Crippen molar-refractivity contribution >= 4 is 11.9 Å². The predicted molar refractivity (Wildman–Crippen MR) is 114 cm³/mol. The van der Waals surface area contributed by atoms with Crippen molar-refractivity contribution < 1.29 is 14.0 Å². The molecule has 0 bridgehead atoms. The fourth-order valence-corrected chi connectivity index (χ4v) is 5.34. The van der Waals surface area contributed by atoms with E-state index < -0.39 is 5.82 Å². The first-order valence-corrected chi connectivity index (χ1v) is 11.2. The van der Waals surface area contributed by atoms with Crippen LogP contribution in [0.15, 0.2) is 24.3 Å². The molecule has 2 heterocycles. The van der Waals surface area contributed by atoms with Gasteiger partial charge in [-0.3, -0.25) is 9.69 Å². The van der Waals surface area contributed by atoms with Crippen molar-refractivity contribution in [3.63, 3.8) is 0 Å². The number of hydrogen-bond donors (Lipinski definition) is 1. The lowest BCUT2D eigenvalue weighted by atomic mass is 9.92. The molecule has 7 heteroatoms. The Morgan fingerprint density at radius 2 is 1.73 bits per heavy atom. The lowest BCUT2D eigenvalue weighted by molar-refractivity contribution is -0.0484. The number of fused-ring (bicyclic) bond motifs is 1. The lowest BCUT2D eigenvalue weighted by Gasteiger charge is -2.55. The van der Waals surface area contributed by atoms with Gasteiger partial charge in [-0.15, -0.1) is 0 Å². The fraction of sp³-hybridized carbons (Fsp3) is 0.652. The molecule has 1 aliphatic carbocycles. The number of carbonyl (C=O) groups is 2. The zero-order valence-electron chi connectivity index (χ0n) is 18.1. The summed E-state index contributed by atoms with van der Waals surface area (Å²) in [5.41, 5.74) is -0.111. The summed E-state index contributed by atoms with van der Waals surface area (Å²) in [6.45, 7) is 7.37. The average Bonchev–Trinajstić information content (AvgIpc) is 2.73. The number of urea groups is 1. The van der Waals surface area contributed by atoms with E-state index in [1.807, 2.05) is 4.90 Å². The summed E-state index contributed by atoms with van der Waals surface area (Å²) < 4.78 is 14.2. The van der Waals surface area contributed by atoms with Crippen LogP contribution in [0.5, 0.6) is 0 Å². The van der Waals surface area contributed by atoms with E-state index in [1.165, 1.54) is 25.3 Å². The number of piperazine rings is 2. The summed E-state index contributed by atoms with van der Waals surface area (Å²) in [6.07, 6.45) is 5.75. The molecule has 164 valence electrons. The van der Waals surface area contributed by atoms with Crippen LogP contribution in [-0.2, 0) is 0 Å². The van der Waals surface area contributed by atoms with Crippen LogP contribution in [-0.4, -0.2) is 77.0 Å². The van der Waals surface area contributed by atoms with E-state index in [9.17, 15) is 14.0 Å². The van der Waals surface area contributed by atoms with Gasteiger partial charge in [-0.05, 0) is 38.8 Å². The van der Waals surface area contributed by atoms with Gasteiger partial charge < -0.3 is 15.1 Å². The number of halogens is 1. The smallest absolute Gasteiger partial charge is 0.317 e. The highest BCUT2D eigenvalue weighted by Crippen LogP contribution is 2.29. The van der Waals surface area contributed by atoms with Gasteiger partial charge in [0.2, 0.25) is 0 Å². The molecule has 4 rings (SSSR count). The van der Waals surface area contributed by atoms with Crippen molar-refractivity contribution in [1.82, 2.24) is 20.0 Å². The van der Waals surface area contributed by atoms with E-state index >= 15 is 0 Å². The topological polar surface area (TPSA) is 55.9 Å². The molecule has 2 aliphatic heterocycles. The van der Waals surface area contributed by atoms with Crippen LogP contribution in [0, 0.1) is 5.82 Å². The molecule has 0 radical (unpaired) electrons. The normalized spacial score (nSPS) is 25.0. The Kier molecular flexibility index (Phi) is 6.00. The molecule has 1 N–H and O–H groups in total. The molecule has 1 saturated carbocycles. The number of benzene rings is 1. The molecule has 1 aromatic rings. The lowest BCUT2D eigenvalue weighted by Crippen LogP contribution is -2.71. The highest BCUT2D eigenvalue weighted by molar-refractivity contribution is 5.94. The molecular formula is C23H33FN4O2. The average molecular weight is 417 g/mol. The van der Waals surface area contributed by atoms with Crippen LogP contribution in [0.3, 0.4) is 0 Å². The zero-order chi connectivity index (χ0) is 21.3. The predicted octanol–water partition coefficient (Wildman–Crippen LogP) is 3.09. The molecule has 30 heavy (non-hydrogen) atoms. The number of hydrogen-bond acceptors (Lipinski definition) is 3. The number of carbonyl (C=O) groups excluding carboxylic acids is 2. The Bertz CT molecular complexity index is 793. The van der Waals surface area contributed by atoms with Crippen molar-refractivity contribution in [2.75, 3.05) is 32.7 Å². The van der Waals surface area contributed by atoms with Crippen LogP contribution < -0.4 is 5.32 Å². The van der Waals surface area contributed by atoms with Crippen molar-refractivity contribution in [3.8, 4) is 0 Å². The largest absolute Gasteiger partial charge is 0.335 e. The maximum atomic E-state index is 14.2. The van der Waals surface area contributed by atoms with Crippen molar-refractivity contribution in [1.29, 1.82) is 0 Å². The van der Waals surface area contributed by atoms with E-state index in [0.717, 1.165) is 19.4 Å². The molecule has 0 spiro atoms. The van der Waals surface area contributed by atoms with Gasteiger partial charge in [0.05, 0.1) is 5.56 Å². The second kappa shape index (κ2) is 8.53. The van der Waals surface area contributed by atoms with Crippen LogP contribution in [0.2, 0.25) is 0 Å². The second-order valence-electron chi connectivity index (χ2n) is 9.56. The van der Waals surface area contributed by atoms with Gasteiger partial charge >= 0.3 is 6.03 Å². The van der Waals surface area contributed by atoms with E-state index in [1.54, 1.807) is 23.1 Å². The highest BCUT2D eigenvalue weighted by atomic mass is 19.1. The molecule has 3 fully saturated rings. The first-order valence-electron chi connectivity index (χ1n) is 11.2. The number of nitrogens with zero attached hydrogens (tertiary/aromatic N) is 3. The molecule has 0 aromatic heterocycles. The molecule has 1 atom stereocenters. The molecule has 3 aliphatic rings. The summed E-state index contributed by atoms with van der Waals surface area (Å²) in [4.78, 5) is 31.9. The van der Waals surface area contributed by atoms with Gasteiger partial charge in [-0.1, -0.05) is 31.4 Å². The van der Waals surface area contributed by atoms with Gasteiger partial charge in [-0.2, -0.15) is 0 Å². The van der Waals surface area contributed by atoms with E-state index in [-0.39, 0.29) is 35.1 Å². The maximum absolute atomic E-state index is 14.2. The monoisotopic (exact) mass is 416 g/mol.